The molecular formula is C9H9O2Pr-. The van der Waals surface area contributed by atoms with Crippen molar-refractivity contribution < 1.29 is 50.8 Å². The fourth-order valence-electron chi connectivity index (χ4n) is 0.737. The van der Waals surface area contributed by atoms with Gasteiger partial charge in [0.25, 0.3) is 0 Å². The number of rotatable bonds is 2. The maximum Gasteiger partial charge on any atom is 0.313 e. The van der Waals surface area contributed by atoms with Crippen molar-refractivity contribution >= 4 is 5.97 Å². The predicted molar refractivity (Wildman–Crippen MR) is 41.2 cm³/mol. The molecule has 0 bridgehead atoms. The van der Waals surface area contributed by atoms with Crippen molar-refractivity contribution in [2.45, 2.75) is 6.92 Å². The molecule has 1 aromatic rings. The Kier molecular flexibility index (Phi) is 6.59. The first-order chi connectivity index (χ1) is 5.34. The molecule has 0 saturated carbocycles. The molecule has 12 heavy (non-hydrogen) atoms. The summed E-state index contributed by atoms with van der Waals surface area (Å²) >= 11 is 0. The number of ether oxygens (including phenoxy) is 1. The number of carbonyl (C=O) groups is 1. The molecule has 0 aromatic heterocycles. The summed E-state index contributed by atoms with van der Waals surface area (Å²) in [6, 6.07) is 9.55. The second-order valence-corrected chi connectivity index (χ2v) is 2.01. The van der Waals surface area contributed by atoms with Crippen LogP contribution in [0.5, 0.6) is 0 Å². The van der Waals surface area contributed by atoms with Crippen LogP contribution < -0.4 is 0 Å². The molecule has 3 heteroatoms. The maximum absolute atomic E-state index is 11.0. The number of hydrogen-bond donors (Lipinski definition) is 0. The molecular weight excluding hydrogens is 281 g/mol. The van der Waals surface area contributed by atoms with E-state index < -0.39 is 0 Å². The summed E-state index contributed by atoms with van der Waals surface area (Å²) in [6.45, 7) is 2.20. The van der Waals surface area contributed by atoms with Gasteiger partial charge in [0.05, 0.1) is 6.61 Å². The van der Waals surface area contributed by atoms with Gasteiger partial charge in [0, 0.05) is 41.3 Å². The molecule has 0 aliphatic carbocycles. The van der Waals surface area contributed by atoms with Crippen molar-refractivity contribution in [2.75, 3.05) is 6.61 Å². The van der Waals surface area contributed by atoms with Gasteiger partial charge in [-0.3, -0.25) is 0 Å². The molecule has 1 rings (SSSR count). The average Bonchev–Trinajstić information content (AvgIpc) is 2.07. The van der Waals surface area contributed by atoms with Crippen molar-refractivity contribution in [3.05, 3.63) is 35.9 Å². The smallest absolute Gasteiger partial charge is 0.313 e. The van der Waals surface area contributed by atoms with E-state index in [1.54, 1.807) is 31.2 Å². The number of hydrogen-bond acceptors (Lipinski definition) is 2. The molecule has 2 nitrogen and oxygen atoms in total. The molecule has 0 amide bonds. The molecule has 0 aliphatic heterocycles. The van der Waals surface area contributed by atoms with Crippen LogP contribution in [-0.2, 0) is 4.74 Å². The fourth-order valence-corrected chi connectivity index (χ4v) is 0.737. The molecule has 0 aliphatic rings. The van der Waals surface area contributed by atoms with Gasteiger partial charge in [-0.25, -0.2) is 4.79 Å². The quantitative estimate of drug-likeness (QED) is 0.611. The summed E-state index contributed by atoms with van der Waals surface area (Å²) in [4.78, 5) is 11.0. The number of esters is 1. The van der Waals surface area contributed by atoms with Crippen LogP contribution in [0.15, 0.2) is 24.3 Å². The van der Waals surface area contributed by atoms with E-state index in [2.05, 4.69) is 6.07 Å². The van der Waals surface area contributed by atoms with Crippen LogP contribution >= 0.6 is 0 Å². The van der Waals surface area contributed by atoms with E-state index in [0.717, 1.165) is 0 Å². The summed E-state index contributed by atoms with van der Waals surface area (Å²) in [5, 5.41) is 0. The van der Waals surface area contributed by atoms with Crippen molar-refractivity contribution in [3.8, 4) is 0 Å². The second kappa shape index (κ2) is 6.56. The standard InChI is InChI=1S/C9H9O2.Pr/c1-2-11-9(10)8-6-4-3-5-7-8;/h4-7H,2H2,1H3;/q-1;. The maximum atomic E-state index is 11.0. The van der Waals surface area contributed by atoms with E-state index in [9.17, 15) is 4.79 Å². The van der Waals surface area contributed by atoms with Crippen molar-refractivity contribution in [3.63, 3.8) is 0 Å². The zero-order valence-electron chi connectivity index (χ0n) is 6.91. The summed E-state index contributed by atoms with van der Waals surface area (Å²) in [5.41, 5.74) is 0.575. The van der Waals surface area contributed by atoms with Gasteiger partial charge in [-0.1, -0.05) is 0 Å². The predicted octanol–water partition coefficient (Wildman–Crippen LogP) is 1.66. The average molecular weight is 290 g/mol. The zero-order chi connectivity index (χ0) is 8.10. The summed E-state index contributed by atoms with van der Waals surface area (Å²) in [7, 11) is 0. The monoisotopic (exact) mass is 290 g/mol. The van der Waals surface area contributed by atoms with E-state index in [1.807, 2.05) is 0 Å². The van der Waals surface area contributed by atoms with Crippen LogP contribution in [0, 0.1) is 47.4 Å². The van der Waals surface area contributed by atoms with Gasteiger partial charge in [0.1, 0.15) is 0 Å². The van der Waals surface area contributed by atoms with Crippen molar-refractivity contribution in [2.24, 2.45) is 0 Å². The first-order valence-corrected chi connectivity index (χ1v) is 3.48. The van der Waals surface area contributed by atoms with Gasteiger partial charge in [-0.05, 0) is 12.5 Å². The molecule has 0 heterocycles. The van der Waals surface area contributed by atoms with E-state index in [4.69, 9.17) is 4.74 Å². The van der Waals surface area contributed by atoms with Gasteiger partial charge < -0.3 is 4.74 Å². The molecule has 0 fully saturated rings. The van der Waals surface area contributed by atoms with Crippen molar-refractivity contribution in [1.82, 2.24) is 0 Å². The Labute approximate surface area is 105 Å². The first-order valence-electron chi connectivity index (χ1n) is 3.48. The van der Waals surface area contributed by atoms with Crippen LogP contribution in [0.2, 0.25) is 0 Å². The minimum atomic E-state index is -0.276. The van der Waals surface area contributed by atoms with Crippen LogP contribution in [0.1, 0.15) is 17.3 Å². The Morgan fingerprint density at radius 3 is 2.58 bits per heavy atom. The Bertz CT molecular complexity index is 234. The van der Waals surface area contributed by atoms with Gasteiger partial charge >= 0.3 is 5.97 Å². The largest absolute Gasteiger partial charge is 0.464 e. The van der Waals surface area contributed by atoms with Crippen LogP contribution in [-0.4, -0.2) is 12.6 Å². The molecule has 0 atom stereocenters. The molecule has 0 spiro atoms. The number of benzene rings is 1. The normalized spacial score (nSPS) is 8.42. The fraction of sp³-hybridized carbons (Fsp3) is 0.222. The minimum absolute atomic E-state index is 0. The third-order valence-electron chi connectivity index (χ3n) is 1.23. The SMILES string of the molecule is CCOC(=O)c1cc[c-]cc1.[Pr]. The molecule has 0 N–H and O–H groups in total. The second-order valence-electron chi connectivity index (χ2n) is 2.01. The summed E-state index contributed by atoms with van der Waals surface area (Å²) in [5.74, 6) is -0.276. The summed E-state index contributed by atoms with van der Waals surface area (Å²) in [6.07, 6.45) is 0. The van der Waals surface area contributed by atoms with E-state index in [0.29, 0.717) is 12.2 Å². The molecule has 1 aromatic carbocycles. The van der Waals surface area contributed by atoms with E-state index in [-0.39, 0.29) is 47.3 Å². The zero-order valence-corrected chi connectivity index (χ0v) is 10.6. The van der Waals surface area contributed by atoms with Crippen LogP contribution in [0.3, 0.4) is 0 Å². The van der Waals surface area contributed by atoms with Crippen LogP contribution in [0.4, 0.5) is 0 Å². The molecule has 0 unspecified atom stereocenters. The van der Waals surface area contributed by atoms with Crippen LogP contribution in [0.25, 0.3) is 0 Å². The van der Waals surface area contributed by atoms with E-state index in [1.165, 1.54) is 0 Å². The Hall–Kier alpha value is 0.0536. The first kappa shape index (κ1) is 12.1. The molecule has 1 radical (unpaired) electrons. The van der Waals surface area contributed by atoms with Crippen molar-refractivity contribution in [1.29, 1.82) is 0 Å². The van der Waals surface area contributed by atoms with E-state index >= 15 is 0 Å². The number of carbonyl (C=O) groups excluding carboxylic acids is 1. The van der Waals surface area contributed by atoms with Gasteiger partial charge in [0.15, 0.2) is 0 Å². The van der Waals surface area contributed by atoms with Gasteiger partial charge in [-0.15, -0.1) is 0 Å². The Morgan fingerprint density at radius 2 is 2.08 bits per heavy atom. The summed E-state index contributed by atoms with van der Waals surface area (Å²) < 4.78 is 4.78. The third kappa shape index (κ3) is 3.64. The van der Waals surface area contributed by atoms with Gasteiger partial charge in [-0.2, -0.15) is 30.3 Å². The third-order valence-corrected chi connectivity index (χ3v) is 1.23. The molecule has 0 saturated heterocycles. The minimum Gasteiger partial charge on any atom is -0.464 e. The Balaban J connectivity index is 0.00000121. The topological polar surface area (TPSA) is 26.3 Å². The molecule has 61 valence electrons. The van der Waals surface area contributed by atoms with Gasteiger partial charge in [0.2, 0.25) is 0 Å². The Morgan fingerprint density at radius 1 is 1.50 bits per heavy atom.